The summed E-state index contributed by atoms with van der Waals surface area (Å²) in [5.74, 6) is 0.868. The lowest BCUT2D eigenvalue weighted by Crippen LogP contribution is -2.34. The lowest BCUT2D eigenvalue weighted by atomic mass is 10.2. The van der Waals surface area contributed by atoms with Gasteiger partial charge in [-0.3, -0.25) is 4.79 Å². The number of halogens is 2. The van der Waals surface area contributed by atoms with E-state index in [4.69, 9.17) is 0 Å². The minimum Gasteiger partial charge on any atom is -0.351 e. The fourth-order valence-electron chi connectivity index (χ4n) is 1.61. The highest BCUT2D eigenvalue weighted by molar-refractivity contribution is 9.10. The third-order valence-electron chi connectivity index (χ3n) is 2.85. The van der Waals surface area contributed by atoms with E-state index in [0.29, 0.717) is 13.1 Å². The van der Waals surface area contributed by atoms with Gasteiger partial charge in [0.2, 0.25) is 5.91 Å². The van der Waals surface area contributed by atoms with Crippen molar-refractivity contribution in [3.63, 3.8) is 0 Å². The Morgan fingerprint density at radius 1 is 1.33 bits per heavy atom. The van der Waals surface area contributed by atoms with Crippen molar-refractivity contribution in [2.24, 2.45) is 5.92 Å². The maximum absolute atomic E-state index is 11.5. The Kier molecular flexibility index (Phi) is 6.68. The zero-order valence-corrected chi connectivity index (χ0v) is 12.5. The van der Waals surface area contributed by atoms with Crippen molar-refractivity contribution in [3.05, 3.63) is 34.3 Å². The number of hydrogen-bond donors (Lipinski definition) is 2. The van der Waals surface area contributed by atoms with Gasteiger partial charge in [0.15, 0.2) is 0 Å². The number of carbonyl (C=O) groups is 1. The molecular formula is C13H18BrClN2O. The van der Waals surface area contributed by atoms with Crippen molar-refractivity contribution in [3.8, 4) is 0 Å². The van der Waals surface area contributed by atoms with E-state index in [9.17, 15) is 4.79 Å². The number of hydrogen-bond acceptors (Lipinski definition) is 2. The molecule has 1 fully saturated rings. The Morgan fingerprint density at radius 3 is 2.72 bits per heavy atom. The topological polar surface area (TPSA) is 41.1 Å². The molecule has 0 aromatic heterocycles. The minimum absolute atomic E-state index is 0. The van der Waals surface area contributed by atoms with Crippen molar-refractivity contribution in [2.75, 3.05) is 13.1 Å². The number of carbonyl (C=O) groups excluding carboxylic acids is 1. The van der Waals surface area contributed by atoms with Crippen molar-refractivity contribution in [2.45, 2.75) is 19.4 Å². The molecule has 18 heavy (non-hydrogen) atoms. The first-order chi connectivity index (χ1) is 8.25. The molecule has 0 unspecified atom stereocenters. The summed E-state index contributed by atoms with van der Waals surface area (Å²) in [6.45, 7) is 1.97. The fraction of sp³-hybridized carbons (Fsp3) is 0.462. The molecule has 5 heteroatoms. The molecule has 1 aliphatic carbocycles. The van der Waals surface area contributed by atoms with E-state index in [0.717, 1.165) is 22.5 Å². The van der Waals surface area contributed by atoms with Crippen molar-refractivity contribution >= 4 is 34.2 Å². The molecule has 3 nitrogen and oxygen atoms in total. The summed E-state index contributed by atoms with van der Waals surface area (Å²) in [6, 6.07) is 7.92. The predicted molar refractivity (Wildman–Crippen MR) is 78.8 cm³/mol. The van der Waals surface area contributed by atoms with Gasteiger partial charge in [0.25, 0.3) is 0 Å². The highest BCUT2D eigenvalue weighted by Crippen LogP contribution is 2.27. The van der Waals surface area contributed by atoms with Crippen LogP contribution in [-0.2, 0) is 11.3 Å². The monoisotopic (exact) mass is 332 g/mol. The largest absolute Gasteiger partial charge is 0.351 e. The molecule has 1 aromatic rings. The maximum Gasteiger partial charge on any atom is 0.234 e. The number of amides is 1. The van der Waals surface area contributed by atoms with Crippen LogP contribution in [0.4, 0.5) is 0 Å². The summed E-state index contributed by atoms with van der Waals surface area (Å²) in [5, 5.41) is 6.08. The molecule has 1 aromatic carbocycles. The smallest absolute Gasteiger partial charge is 0.234 e. The SMILES string of the molecule is Cl.O=C(CNCC1CC1)NCc1ccccc1Br. The Hall–Kier alpha value is -0.580. The maximum atomic E-state index is 11.5. The first-order valence-electron chi connectivity index (χ1n) is 5.96. The van der Waals surface area contributed by atoms with Crippen LogP contribution in [0.5, 0.6) is 0 Å². The van der Waals surface area contributed by atoms with Crippen LogP contribution in [0, 0.1) is 5.92 Å². The molecule has 0 saturated heterocycles. The van der Waals surface area contributed by atoms with Gasteiger partial charge in [-0.25, -0.2) is 0 Å². The van der Waals surface area contributed by atoms with Gasteiger partial charge in [0.05, 0.1) is 6.54 Å². The standard InChI is InChI=1S/C13H17BrN2O.ClH/c14-12-4-2-1-3-11(12)8-16-13(17)9-15-7-10-5-6-10;/h1-4,10,15H,5-9H2,(H,16,17);1H. The molecular weight excluding hydrogens is 316 g/mol. The van der Waals surface area contributed by atoms with Crippen molar-refractivity contribution < 1.29 is 4.79 Å². The molecule has 2 N–H and O–H groups in total. The highest BCUT2D eigenvalue weighted by atomic mass is 79.9. The molecule has 0 aliphatic heterocycles. The van der Waals surface area contributed by atoms with Gasteiger partial charge < -0.3 is 10.6 Å². The molecule has 0 atom stereocenters. The molecule has 1 saturated carbocycles. The summed E-state index contributed by atoms with van der Waals surface area (Å²) < 4.78 is 1.03. The lowest BCUT2D eigenvalue weighted by Gasteiger charge is -2.07. The van der Waals surface area contributed by atoms with E-state index in [2.05, 4.69) is 26.6 Å². The van der Waals surface area contributed by atoms with Crippen LogP contribution in [0.25, 0.3) is 0 Å². The summed E-state index contributed by atoms with van der Waals surface area (Å²) in [7, 11) is 0. The van der Waals surface area contributed by atoms with Gasteiger partial charge in [-0.15, -0.1) is 12.4 Å². The van der Waals surface area contributed by atoms with Crippen LogP contribution in [-0.4, -0.2) is 19.0 Å². The van der Waals surface area contributed by atoms with Crippen molar-refractivity contribution in [1.29, 1.82) is 0 Å². The molecule has 0 spiro atoms. The summed E-state index contributed by atoms with van der Waals surface area (Å²) >= 11 is 3.46. The third-order valence-corrected chi connectivity index (χ3v) is 3.62. The van der Waals surface area contributed by atoms with E-state index in [-0.39, 0.29) is 18.3 Å². The Labute approximate surface area is 122 Å². The van der Waals surface area contributed by atoms with Gasteiger partial charge in [0.1, 0.15) is 0 Å². The van der Waals surface area contributed by atoms with E-state index in [1.807, 2.05) is 24.3 Å². The quantitative estimate of drug-likeness (QED) is 0.840. The normalized spacial score (nSPS) is 13.8. The zero-order chi connectivity index (χ0) is 12.1. The molecule has 2 rings (SSSR count). The van der Waals surface area contributed by atoms with Crippen LogP contribution in [0.15, 0.2) is 28.7 Å². The number of nitrogens with one attached hydrogen (secondary N) is 2. The number of rotatable bonds is 6. The Balaban J connectivity index is 0.00000162. The molecule has 0 heterocycles. The Bertz CT molecular complexity index is 396. The van der Waals surface area contributed by atoms with Gasteiger partial charge >= 0.3 is 0 Å². The minimum atomic E-state index is 0. The fourth-order valence-corrected chi connectivity index (χ4v) is 2.03. The lowest BCUT2D eigenvalue weighted by molar-refractivity contribution is -0.120. The summed E-state index contributed by atoms with van der Waals surface area (Å²) in [4.78, 5) is 11.5. The number of benzene rings is 1. The van der Waals surface area contributed by atoms with Gasteiger partial charge in [-0.2, -0.15) is 0 Å². The van der Waals surface area contributed by atoms with Gasteiger partial charge in [0, 0.05) is 11.0 Å². The molecule has 100 valence electrons. The molecule has 1 amide bonds. The second-order valence-corrected chi connectivity index (χ2v) is 5.30. The van der Waals surface area contributed by atoms with Crippen LogP contribution < -0.4 is 10.6 Å². The van der Waals surface area contributed by atoms with Crippen LogP contribution in [0.3, 0.4) is 0 Å². The average molecular weight is 334 g/mol. The highest BCUT2D eigenvalue weighted by Gasteiger charge is 2.20. The first-order valence-corrected chi connectivity index (χ1v) is 6.76. The van der Waals surface area contributed by atoms with Crippen molar-refractivity contribution in [1.82, 2.24) is 10.6 Å². The van der Waals surface area contributed by atoms with Crippen LogP contribution in [0.2, 0.25) is 0 Å². The molecule has 0 radical (unpaired) electrons. The molecule has 0 bridgehead atoms. The third kappa shape index (κ3) is 5.38. The first kappa shape index (κ1) is 15.5. The van der Waals surface area contributed by atoms with Crippen LogP contribution >= 0.6 is 28.3 Å². The average Bonchev–Trinajstić information content (AvgIpc) is 3.12. The summed E-state index contributed by atoms with van der Waals surface area (Å²) in [6.07, 6.45) is 2.62. The van der Waals surface area contributed by atoms with Gasteiger partial charge in [-0.1, -0.05) is 34.1 Å². The second-order valence-electron chi connectivity index (χ2n) is 4.44. The van der Waals surface area contributed by atoms with E-state index >= 15 is 0 Å². The molecule has 1 aliphatic rings. The van der Waals surface area contributed by atoms with E-state index in [1.54, 1.807) is 0 Å². The Morgan fingerprint density at radius 2 is 2.06 bits per heavy atom. The van der Waals surface area contributed by atoms with Crippen LogP contribution in [0.1, 0.15) is 18.4 Å². The van der Waals surface area contributed by atoms with Gasteiger partial charge in [-0.05, 0) is 36.9 Å². The van der Waals surface area contributed by atoms with E-state index < -0.39 is 0 Å². The predicted octanol–water partition coefficient (Wildman–Crippen LogP) is 2.49. The summed E-state index contributed by atoms with van der Waals surface area (Å²) in [5.41, 5.74) is 1.10. The second kappa shape index (κ2) is 7.77. The zero-order valence-electron chi connectivity index (χ0n) is 10.1. The van der Waals surface area contributed by atoms with E-state index in [1.165, 1.54) is 12.8 Å².